The maximum absolute atomic E-state index is 9.95. The first kappa shape index (κ1) is 13.1. The number of piperazine rings is 1. The Hall–Kier alpha value is -0.900. The first-order chi connectivity index (χ1) is 9.16. The normalized spacial score (nSPS) is 24.1. The van der Waals surface area contributed by atoms with Gasteiger partial charge >= 0.3 is 0 Å². The van der Waals surface area contributed by atoms with Gasteiger partial charge in [0.15, 0.2) is 0 Å². The second-order valence-electron chi connectivity index (χ2n) is 6.10. The monoisotopic (exact) mass is 260 g/mol. The Bertz CT molecular complexity index is 419. The minimum atomic E-state index is -0.383. The topological polar surface area (TPSA) is 35.5 Å². The number of nitrogens with one attached hydrogen (secondary N) is 1. The average molecular weight is 260 g/mol. The van der Waals surface area contributed by atoms with Crippen molar-refractivity contribution in [1.29, 1.82) is 0 Å². The van der Waals surface area contributed by atoms with Crippen LogP contribution in [0.15, 0.2) is 24.3 Å². The summed E-state index contributed by atoms with van der Waals surface area (Å²) in [4.78, 5) is 2.53. The van der Waals surface area contributed by atoms with Gasteiger partial charge in [0.05, 0.1) is 5.60 Å². The minimum absolute atomic E-state index is 0.383. The molecule has 1 aromatic rings. The lowest BCUT2D eigenvalue weighted by molar-refractivity contribution is 0.151. The van der Waals surface area contributed by atoms with E-state index in [4.69, 9.17) is 0 Å². The number of hydrogen-bond donors (Lipinski definition) is 2. The van der Waals surface area contributed by atoms with Gasteiger partial charge in [0.1, 0.15) is 0 Å². The standard InChI is InChI=1S/C16H24N2O/c1-13(18-10-8-17-9-11-18)15-4-2-14(3-5-15)12-16(19)6-7-16/h2-5,13,17,19H,6-12H2,1H3. The predicted molar refractivity (Wildman–Crippen MR) is 77.2 cm³/mol. The maximum Gasteiger partial charge on any atom is 0.0690 e. The van der Waals surface area contributed by atoms with Crippen molar-refractivity contribution in [3.8, 4) is 0 Å². The zero-order chi connectivity index (χ0) is 13.3. The van der Waals surface area contributed by atoms with Crippen molar-refractivity contribution < 1.29 is 5.11 Å². The highest BCUT2D eigenvalue weighted by atomic mass is 16.3. The zero-order valence-corrected chi connectivity index (χ0v) is 11.7. The largest absolute Gasteiger partial charge is 0.390 e. The van der Waals surface area contributed by atoms with E-state index in [1.165, 1.54) is 11.1 Å². The Morgan fingerprint density at radius 3 is 2.42 bits per heavy atom. The molecule has 0 radical (unpaired) electrons. The molecule has 1 aliphatic heterocycles. The summed E-state index contributed by atoms with van der Waals surface area (Å²) >= 11 is 0. The van der Waals surface area contributed by atoms with Crippen LogP contribution in [0.25, 0.3) is 0 Å². The van der Waals surface area contributed by atoms with Gasteiger partial charge in [0.2, 0.25) is 0 Å². The molecule has 2 aliphatic rings. The summed E-state index contributed by atoms with van der Waals surface area (Å²) < 4.78 is 0. The molecule has 2 N–H and O–H groups in total. The van der Waals surface area contributed by atoms with Crippen LogP contribution in [-0.4, -0.2) is 41.8 Å². The molecule has 3 nitrogen and oxygen atoms in total. The molecule has 1 aliphatic carbocycles. The van der Waals surface area contributed by atoms with Crippen LogP contribution < -0.4 is 5.32 Å². The number of rotatable bonds is 4. The molecule has 0 amide bonds. The Morgan fingerprint density at radius 2 is 1.84 bits per heavy atom. The molecular formula is C16H24N2O. The number of aliphatic hydroxyl groups is 1. The molecule has 1 heterocycles. The third-order valence-electron chi connectivity index (χ3n) is 4.52. The van der Waals surface area contributed by atoms with Gasteiger partial charge in [0, 0.05) is 38.6 Å². The Labute approximate surface area is 115 Å². The van der Waals surface area contributed by atoms with Gasteiger partial charge in [-0.25, -0.2) is 0 Å². The van der Waals surface area contributed by atoms with Gasteiger partial charge in [-0.05, 0) is 30.9 Å². The summed E-state index contributed by atoms with van der Waals surface area (Å²) in [5, 5.41) is 13.3. The lowest BCUT2D eigenvalue weighted by Gasteiger charge is -2.33. The highest BCUT2D eigenvalue weighted by Crippen LogP contribution is 2.38. The SMILES string of the molecule is CC(c1ccc(CC2(O)CC2)cc1)N1CCNCC1. The van der Waals surface area contributed by atoms with E-state index < -0.39 is 0 Å². The minimum Gasteiger partial charge on any atom is -0.390 e. The van der Waals surface area contributed by atoms with Gasteiger partial charge in [0.25, 0.3) is 0 Å². The van der Waals surface area contributed by atoms with Crippen molar-refractivity contribution in [2.24, 2.45) is 0 Å². The van der Waals surface area contributed by atoms with Crippen molar-refractivity contribution >= 4 is 0 Å². The summed E-state index contributed by atoms with van der Waals surface area (Å²) in [7, 11) is 0. The van der Waals surface area contributed by atoms with Crippen LogP contribution in [0.3, 0.4) is 0 Å². The molecule has 1 unspecified atom stereocenters. The van der Waals surface area contributed by atoms with E-state index >= 15 is 0 Å². The van der Waals surface area contributed by atoms with Gasteiger partial charge in [-0.1, -0.05) is 24.3 Å². The average Bonchev–Trinajstić information content (AvgIpc) is 3.17. The quantitative estimate of drug-likeness (QED) is 0.865. The number of benzene rings is 1. The fourth-order valence-corrected chi connectivity index (χ4v) is 2.90. The molecule has 3 rings (SSSR count). The van der Waals surface area contributed by atoms with E-state index in [1.807, 2.05) is 0 Å². The third kappa shape index (κ3) is 3.16. The Balaban J connectivity index is 1.64. The lowest BCUT2D eigenvalue weighted by Crippen LogP contribution is -2.44. The first-order valence-corrected chi connectivity index (χ1v) is 7.42. The zero-order valence-electron chi connectivity index (χ0n) is 11.7. The van der Waals surface area contributed by atoms with Crippen LogP contribution in [-0.2, 0) is 6.42 Å². The lowest BCUT2D eigenvalue weighted by atomic mass is 10.0. The van der Waals surface area contributed by atoms with E-state index in [0.29, 0.717) is 6.04 Å². The van der Waals surface area contributed by atoms with Gasteiger partial charge in [-0.15, -0.1) is 0 Å². The van der Waals surface area contributed by atoms with Crippen LogP contribution in [0.5, 0.6) is 0 Å². The van der Waals surface area contributed by atoms with E-state index in [-0.39, 0.29) is 5.60 Å². The summed E-state index contributed by atoms with van der Waals surface area (Å²) in [5.41, 5.74) is 2.26. The highest BCUT2D eigenvalue weighted by molar-refractivity contribution is 5.27. The van der Waals surface area contributed by atoms with Crippen molar-refractivity contribution in [3.63, 3.8) is 0 Å². The van der Waals surface area contributed by atoms with Crippen molar-refractivity contribution in [2.75, 3.05) is 26.2 Å². The van der Waals surface area contributed by atoms with E-state index in [2.05, 4.69) is 41.4 Å². The van der Waals surface area contributed by atoms with Crippen LogP contribution in [0.1, 0.15) is 36.9 Å². The molecule has 2 fully saturated rings. The van der Waals surface area contributed by atoms with Crippen molar-refractivity contribution in [3.05, 3.63) is 35.4 Å². The van der Waals surface area contributed by atoms with Crippen molar-refractivity contribution in [2.45, 2.75) is 37.8 Å². The number of nitrogens with zero attached hydrogens (tertiary/aromatic N) is 1. The molecule has 0 aromatic heterocycles. The van der Waals surface area contributed by atoms with Gasteiger partial charge in [-0.3, -0.25) is 4.90 Å². The smallest absolute Gasteiger partial charge is 0.0690 e. The molecular weight excluding hydrogens is 236 g/mol. The molecule has 1 saturated heterocycles. The molecule has 1 aromatic carbocycles. The maximum atomic E-state index is 9.95. The molecule has 1 saturated carbocycles. The number of hydrogen-bond acceptors (Lipinski definition) is 3. The van der Waals surface area contributed by atoms with E-state index in [9.17, 15) is 5.11 Å². The summed E-state index contributed by atoms with van der Waals surface area (Å²) in [5.74, 6) is 0. The predicted octanol–water partition coefficient (Wildman–Crippen LogP) is 1.72. The van der Waals surface area contributed by atoms with E-state index in [0.717, 1.165) is 45.4 Å². The molecule has 0 spiro atoms. The third-order valence-corrected chi connectivity index (χ3v) is 4.52. The van der Waals surface area contributed by atoms with Crippen LogP contribution in [0.2, 0.25) is 0 Å². The van der Waals surface area contributed by atoms with Gasteiger partial charge in [-0.2, -0.15) is 0 Å². The summed E-state index contributed by atoms with van der Waals surface area (Å²) in [6.07, 6.45) is 2.74. The molecule has 0 bridgehead atoms. The van der Waals surface area contributed by atoms with Crippen LogP contribution in [0.4, 0.5) is 0 Å². The molecule has 19 heavy (non-hydrogen) atoms. The Kier molecular flexibility index (Phi) is 3.61. The van der Waals surface area contributed by atoms with Crippen LogP contribution in [0, 0.1) is 0 Å². The second kappa shape index (κ2) is 5.23. The highest BCUT2D eigenvalue weighted by Gasteiger charge is 2.40. The Morgan fingerprint density at radius 1 is 1.21 bits per heavy atom. The fraction of sp³-hybridized carbons (Fsp3) is 0.625. The summed E-state index contributed by atoms with van der Waals surface area (Å²) in [6, 6.07) is 9.32. The second-order valence-corrected chi connectivity index (χ2v) is 6.10. The summed E-state index contributed by atoms with van der Waals surface area (Å²) in [6.45, 7) is 6.73. The fourth-order valence-electron chi connectivity index (χ4n) is 2.90. The molecule has 1 atom stereocenters. The van der Waals surface area contributed by atoms with Gasteiger partial charge < -0.3 is 10.4 Å². The van der Waals surface area contributed by atoms with Crippen LogP contribution >= 0.6 is 0 Å². The molecule has 3 heteroatoms. The van der Waals surface area contributed by atoms with Crippen molar-refractivity contribution in [1.82, 2.24) is 10.2 Å². The molecule has 104 valence electrons. The first-order valence-electron chi connectivity index (χ1n) is 7.42. The van der Waals surface area contributed by atoms with E-state index in [1.54, 1.807) is 0 Å².